The minimum atomic E-state index is -4.67. The Morgan fingerprint density at radius 2 is 1.83 bits per heavy atom. The number of nitrogens with one attached hydrogen (secondary N) is 1. The number of phenols is 1. The number of benzene rings is 2. The maximum atomic E-state index is 13.4. The predicted molar refractivity (Wildman–Crippen MR) is 107 cm³/mol. The molecule has 1 heterocycles. The molecular weight excluding hydrogens is 468 g/mol. The zero-order valence-corrected chi connectivity index (χ0v) is 17.8. The van der Waals surface area contributed by atoms with Crippen molar-refractivity contribution < 1.29 is 31.4 Å². The van der Waals surface area contributed by atoms with Crippen molar-refractivity contribution in [1.82, 2.24) is 4.90 Å². The van der Waals surface area contributed by atoms with Crippen LogP contribution in [-0.2, 0) is 16.2 Å². The van der Waals surface area contributed by atoms with E-state index in [2.05, 4.69) is 4.72 Å². The summed E-state index contributed by atoms with van der Waals surface area (Å²) in [6.07, 6.45) is -4.57. The summed E-state index contributed by atoms with van der Waals surface area (Å²) < 4.78 is 73.1. The maximum absolute atomic E-state index is 13.4. The van der Waals surface area contributed by atoms with Gasteiger partial charge in [-0.2, -0.15) is 13.2 Å². The third-order valence-corrected chi connectivity index (χ3v) is 6.42. The second-order valence-electron chi connectivity index (χ2n) is 6.84. The Morgan fingerprint density at radius 3 is 2.37 bits per heavy atom. The summed E-state index contributed by atoms with van der Waals surface area (Å²) in [7, 11) is -2.43. The van der Waals surface area contributed by atoms with E-state index < -0.39 is 39.4 Å². The van der Waals surface area contributed by atoms with Crippen molar-refractivity contribution in [3.8, 4) is 11.5 Å². The first kappa shape index (κ1) is 22.8. The van der Waals surface area contributed by atoms with Crippen molar-refractivity contribution in [3.63, 3.8) is 0 Å². The second-order valence-corrected chi connectivity index (χ2v) is 9.34. The molecule has 2 aromatic rings. The van der Waals surface area contributed by atoms with E-state index in [-0.39, 0.29) is 20.6 Å². The molecule has 1 aliphatic heterocycles. The molecule has 164 valence electrons. The van der Waals surface area contributed by atoms with Gasteiger partial charge in [-0.15, -0.1) is 0 Å². The number of likely N-dealkylation sites (N-methyl/N-ethyl adjacent to an activating group) is 1. The van der Waals surface area contributed by atoms with Crippen LogP contribution in [0.15, 0.2) is 35.2 Å². The summed E-state index contributed by atoms with van der Waals surface area (Å²) >= 11 is 11.5. The molecule has 2 N–H and O–H groups in total. The Kier molecular flexibility index (Phi) is 6.33. The summed E-state index contributed by atoms with van der Waals surface area (Å²) in [5.74, 6) is -0.950. The molecule has 0 radical (unpaired) electrons. The molecule has 6 nitrogen and oxygen atoms in total. The number of alkyl halides is 3. The van der Waals surface area contributed by atoms with Gasteiger partial charge in [-0.1, -0.05) is 23.2 Å². The van der Waals surface area contributed by atoms with Crippen LogP contribution in [0.4, 0.5) is 18.9 Å². The van der Waals surface area contributed by atoms with Crippen LogP contribution in [0.5, 0.6) is 11.5 Å². The Morgan fingerprint density at radius 1 is 1.20 bits per heavy atom. The second kappa shape index (κ2) is 8.33. The van der Waals surface area contributed by atoms with Crippen molar-refractivity contribution in [1.29, 1.82) is 0 Å². The van der Waals surface area contributed by atoms with Gasteiger partial charge in [-0.3, -0.25) is 4.72 Å². The van der Waals surface area contributed by atoms with Crippen LogP contribution in [0.1, 0.15) is 12.0 Å². The molecule has 0 aromatic heterocycles. The number of aromatic hydroxyl groups is 1. The molecule has 0 aliphatic carbocycles. The average molecular weight is 485 g/mol. The lowest BCUT2D eigenvalue weighted by molar-refractivity contribution is -0.139. The van der Waals surface area contributed by atoms with Crippen LogP contribution in [0.25, 0.3) is 0 Å². The van der Waals surface area contributed by atoms with Gasteiger partial charge in [0.2, 0.25) is 0 Å². The molecule has 0 spiro atoms. The van der Waals surface area contributed by atoms with E-state index in [9.17, 15) is 26.7 Å². The molecular formula is C18H17Cl2F3N2O4S. The van der Waals surface area contributed by atoms with Crippen molar-refractivity contribution in [2.45, 2.75) is 23.6 Å². The number of phenolic OH excluding ortho intramolecular Hbond substituents is 1. The number of likely N-dealkylation sites (tertiary alicyclic amines) is 1. The predicted octanol–water partition coefficient (Wildman–Crippen LogP) is 4.60. The number of nitrogens with zero attached hydrogens (tertiary/aromatic N) is 1. The van der Waals surface area contributed by atoms with Crippen LogP contribution in [0.3, 0.4) is 0 Å². The number of halogens is 5. The van der Waals surface area contributed by atoms with Gasteiger partial charge in [-0.05, 0) is 37.7 Å². The third-order valence-electron chi connectivity index (χ3n) is 4.48. The van der Waals surface area contributed by atoms with Crippen molar-refractivity contribution in [2.75, 3.05) is 24.9 Å². The highest BCUT2D eigenvalue weighted by Gasteiger charge is 2.36. The molecule has 12 heteroatoms. The first-order valence-corrected chi connectivity index (χ1v) is 10.9. The zero-order chi connectivity index (χ0) is 22.3. The fraction of sp³-hybridized carbons (Fsp3) is 0.333. The lowest BCUT2D eigenvalue weighted by atomic mass is 10.1. The molecule has 3 rings (SSSR count). The van der Waals surface area contributed by atoms with E-state index in [1.54, 1.807) is 0 Å². The highest BCUT2D eigenvalue weighted by atomic mass is 35.5. The fourth-order valence-corrected chi connectivity index (χ4v) is 4.72. The lowest BCUT2D eigenvalue weighted by Gasteiger charge is -2.19. The van der Waals surface area contributed by atoms with E-state index in [4.69, 9.17) is 27.9 Å². The normalized spacial score (nSPS) is 17.9. The Balaban J connectivity index is 1.93. The van der Waals surface area contributed by atoms with Gasteiger partial charge in [0.1, 0.15) is 11.9 Å². The SMILES string of the molecule is CN1CC[C@@H](Oc2cc(NS(=O)(=O)c3cc(Cl)c(O)c(Cl)c3)ccc2C(F)(F)F)C1. The number of hydrogen-bond acceptors (Lipinski definition) is 5. The van der Waals surface area contributed by atoms with E-state index in [1.807, 2.05) is 11.9 Å². The summed E-state index contributed by atoms with van der Waals surface area (Å²) in [4.78, 5) is 1.55. The van der Waals surface area contributed by atoms with E-state index in [0.29, 0.717) is 19.5 Å². The monoisotopic (exact) mass is 484 g/mol. The molecule has 1 atom stereocenters. The molecule has 2 aromatic carbocycles. The Hall–Kier alpha value is -1.88. The first-order valence-electron chi connectivity index (χ1n) is 8.64. The number of hydrogen-bond donors (Lipinski definition) is 2. The van der Waals surface area contributed by atoms with Crippen LogP contribution < -0.4 is 9.46 Å². The number of anilines is 1. The molecule has 0 saturated carbocycles. The van der Waals surface area contributed by atoms with Crippen LogP contribution >= 0.6 is 23.2 Å². The van der Waals surface area contributed by atoms with Gasteiger partial charge in [0, 0.05) is 19.2 Å². The Bertz CT molecular complexity index is 1040. The van der Waals surface area contributed by atoms with Crippen molar-refractivity contribution in [3.05, 3.63) is 45.9 Å². The molecule has 1 saturated heterocycles. The molecule has 0 amide bonds. The van der Waals surface area contributed by atoms with Crippen molar-refractivity contribution in [2.24, 2.45) is 0 Å². The standard InChI is InChI=1S/C18H17Cl2F3N2O4S/c1-25-5-4-11(9-25)29-16-6-10(2-3-13(16)18(21,22)23)24-30(27,28)12-7-14(19)17(26)15(20)8-12/h2-3,6-8,11,24,26H,4-5,9H2,1H3/t11-/m1/s1. The van der Waals surface area contributed by atoms with E-state index in [0.717, 1.165) is 30.3 Å². The van der Waals surface area contributed by atoms with Gasteiger partial charge in [0.15, 0.2) is 5.75 Å². The van der Waals surface area contributed by atoms with Gasteiger partial charge in [0.25, 0.3) is 10.0 Å². The third kappa shape index (κ3) is 5.05. The summed E-state index contributed by atoms with van der Waals surface area (Å²) in [5, 5.41) is 9.00. The molecule has 1 fully saturated rings. The highest BCUT2D eigenvalue weighted by Crippen LogP contribution is 2.39. The van der Waals surface area contributed by atoms with Gasteiger partial charge >= 0.3 is 6.18 Å². The van der Waals surface area contributed by atoms with E-state index >= 15 is 0 Å². The zero-order valence-electron chi connectivity index (χ0n) is 15.5. The quantitative estimate of drug-likeness (QED) is 0.648. The molecule has 30 heavy (non-hydrogen) atoms. The van der Waals surface area contributed by atoms with Crippen LogP contribution in [0.2, 0.25) is 10.0 Å². The van der Waals surface area contributed by atoms with Gasteiger partial charge in [0.05, 0.1) is 26.2 Å². The lowest BCUT2D eigenvalue weighted by Crippen LogP contribution is -2.23. The average Bonchev–Trinajstić information content (AvgIpc) is 3.02. The van der Waals surface area contributed by atoms with Crippen molar-refractivity contribution >= 4 is 38.9 Å². The molecule has 1 aliphatic rings. The van der Waals surface area contributed by atoms with Crippen LogP contribution in [0, 0.1) is 0 Å². The minimum absolute atomic E-state index is 0.135. The maximum Gasteiger partial charge on any atom is 0.419 e. The minimum Gasteiger partial charge on any atom is -0.505 e. The Labute approximate surface area is 181 Å². The van der Waals surface area contributed by atoms with Crippen LogP contribution in [-0.4, -0.2) is 44.7 Å². The topological polar surface area (TPSA) is 78.9 Å². The van der Waals surface area contributed by atoms with Gasteiger partial charge in [-0.25, -0.2) is 8.42 Å². The largest absolute Gasteiger partial charge is 0.505 e. The van der Waals surface area contributed by atoms with Gasteiger partial charge < -0.3 is 14.7 Å². The number of rotatable bonds is 5. The first-order chi connectivity index (χ1) is 13.9. The smallest absolute Gasteiger partial charge is 0.419 e. The fourth-order valence-electron chi connectivity index (χ4n) is 3.00. The highest BCUT2D eigenvalue weighted by molar-refractivity contribution is 7.92. The summed E-state index contributed by atoms with van der Waals surface area (Å²) in [6.45, 7) is 1.14. The van der Waals surface area contributed by atoms with E-state index in [1.165, 1.54) is 0 Å². The summed E-state index contributed by atoms with van der Waals surface area (Å²) in [6, 6.07) is 4.67. The summed E-state index contributed by atoms with van der Waals surface area (Å²) in [5.41, 5.74) is -1.14. The number of sulfonamides is 1. The molecule has 0 bridgehead atoms. The molecule has 0 unspecified atom stereocenters. The number of ether oxygens (including phenoxy) is 1.